The van der Waals surface area contributed by atoms with E-state index in [1.54, 1.807) is 32.7 Å². The van der Waals surface area contributed by atoms with Gasteiger partial charge in [0.2, 0.25) is 0 Å². The van der Waals surface area contributed by atoms with Gasteiger partial charge in [0.15, 0.2) is 0 Å². The van der Waals surface area contributed by atoms with Crippen molar-refractivity contribution in [3.63, 3.8) is 0 Å². The summed E-state index contributed by atoms with van der Waals surface area (Å²) < 4.78 is 16.7. The zero-order valence-electron chi connectivity index (χ0n) is 21.5. The minimum Gasteiger partial charge on any atom is -0.468 e. The number of methoxy groups -OCH3 is 1. The lowest BCUT2D eigenvalue weighted by atomic mass is 9.99. The highest BCUT2D eigenvalue weighted by Crippen LogP contribution is 2.18. The molecule has 2 aromatic rings. The van der Waals surface area contributed by atoms with Crippen LogP contribution in [-0.2, 0) is 32.2 Å². The van der Waals surface area contributed by atoms with Crippen molar-refractivity contribution in [2.24, 2.45) is 5.11 Å². The van der Waals surface area contributed by atoms with Gasteiger partial charge in [-0.3, -0.25) is 9.69 Å². The van der Waals surface area contributed by atoms with Gasteiger partial charge in [0.25, 0.3) is 0 Å². The molecule has 10 nitrogen and oxygen atoms in total. The third kappa shape index (κ3) is 9.58. The number of amides is 1. The van der Waals surface area contributed by atoms with Gasteiger partial charge < -0.3 is 19.5 Å². The minimum absolute atomic E-state index is 0.129. The Kier molecular flexibility index (Phi) is 11.2. The van der Waals surface area contributed by atoms with Crippen LogP contribution < -0.4 is 5.32 Å². The van der Waals surface area contributed by atoms with E-state index < -0.39 is 35.9 Å². The SMILES string of the molecule is COC(=O)[C@@H]([C@@H](NC(=O)OC(C)(C)C)[C@@H](CN=[N+]=[N-])OCc1ccccc1)N(C)Cc1ccccc1. The lowest BCUT2D eigenvalue weighted by molar-refractivity contribution is -0.150. The van der Waals surface area contributed by atoms with E-state index in [0.717, 1.165) is 11.1 Å². The van der Waals surface area contributed by atoms with Crippen LogP contribution in [0.15, 0.2) is 65.8 Å². The molecule has 1 N–H and O–H groups in total. The van der Waals surface area contributed by atoms with E-state index >= 15 is 0 Å². The maximum Gasteiger partial charge on any atom is 0.408 e. The first kappa shape index (κ1) is 28.6. The van der Waals surface area contributed by atoms with Crippen molar-refractivity contribution in [1.29, 1.82) is 0 Å². The van der Waals surface area contributed by atoms with Crippen molar-refractivity contribution in [3.8, 4) is 0 Å². The van der Waals surface area contributed by atoms with Gasteiger partial charge in [0, 0.05) is 11.5 Å². The third-order valence-electron chi connectivity index (χ3n) is 5.25. The van der Waals surface area contributed by atoms with Crippen molar-refractivity contribution >= 4 is 12.1 Å². The Labute approximate surface area is 212 Å². The van der Waals surface area contributed by atoms with E-state index in [4.69, 9.17) is 19.7 Å². The molecule has 0 saturated carbocycles. The molecular weight excluding hydrogens is 462 g/mol. The zero-order chi connectivity index (χ0) is 26.6. The Hall–Kier alpha value is -3.59. The minimum atomic E-state index is -0.975. The molecule has 0 spiro atoms. The second kappa shape index (κ2) is 14.1. The number of alkyl carbamates (subject to hydrolysis) is 1. The maximum atomic E-state index is 13.1. The highest BCUT2D eigenvalue weighted by Gasteiger charge is 2.40. The number of esters is 1. The maximum absolute atomic E-state index is 13.1. The van der Waals surface area contributed by atoms with E-state index in [-0.39, 0.29) is 13.2 Å². The Balaban J connectivity index is 2.43. The molecular formula is C26H35N5O5. The van der Waals surface area contributed by atoms with Crippen molar-refractivity contribution < 1.29 is 23.8 Å². The summed E-state index contributed by atoms with van der Waals surface area (Å²) in [5.74, 6) is -0.580. The molecule has 0 bridgehead atoms. The molecule has 2 aromatic carbocycles. The van der Waals surface area contributed by atoms with Gasteiger partial charge in [0.05, 0.1) is 32.4 Å². The molecule has 0 unspecified atom stereocenters. The molecule has 36 heavy (non-hydrogen) atoms. The Morgan fingerprint density at radius 2 is 1.64 bits per heavy atom. The zero-order valence-corrected chi connectivity index (χ0v) is 21.5. The van der Waals surface area contributed by atoms with Gasteiger partial charge >= 0.3 is 12.1 Å². The summed E-state index contributed by atoms with van der Waals surface area (Å²) in [5.41, 5.74) is 10.1. The summed E-state index contributed by atoms with van der Waals surface area (Å²) in [6.45, 7) is 5.66. The number of benzene rings is 2. The van der Waals surface area contributed by atoms with Crippen LogP contribution in [0.4, 0.5) is 4.79 Å². The second-order valence-corrected chi connectivity index (χ2v) is 9.29. The number of ether oxygens (including phenoxy) is 3. The summed E-state index contributed by atoms with van der Waals surface area (Å²) in [7, 11) is 3.03. The fraction of sp³-hybridized carbons (Fsp3) is 0.462. The average molecular weight is 498 g/mol. The van der Waals surface area contributed by atoms with Gasteiger partial charge in [0.1, 0.15) is 11.6 Å². The molecule has 0 aromatic heterocycles. The predicted molar refractivity (Wildman–Crippen MR) is 136 cm³/mol. The van der Waals surface area contributed by atoms with Crippen molar-refractivity contribution in [3.05, 3.63) is 82.2 Å². The number of azide groups is 1. The quantitative estimate of drug-likeness (QED) is 0.200. The highest BCUT2D eigenvalue weighted by atomic mass is 16.6. The molecule has 1 amide bonds. The summed E-state index contributed by atoms with van der Waals surface area (Å²) in [5, 5.41) is 6.48. The molecule has 0 heterocycles. The summed E-state index contributed by atoms with van der Waals surface area (Å²) in [4.78, 5) is 30.6. The number of hydrogen-bond donors (Lipinski definition) is 1. The fourth-order valence-electron chi connectivity index (χ4n) is 3.67. The number of nitrogens with one attached hydrogen (secondary N) is 1. The summed E-state index contributed by atoms with van der Waals surface area (Å²) in [6.07, 6.45) is -1.60. The number of carbonyl (C=O) groups excluding carboxylic acids is 2. The molecule has 194 valence electrons. The second-order valence-electron chi connectivity index (χ2n) is 9.29. The lowest BCUT2D eigenvalue weighted by Crippen LogP contribution is -2.61. The summed E-state index contributed by atoms with van der Waals surface area (Å²) in [6, 6.07) is 17.1. The Morgan fingerprint density at radius 1 is 1.06 bits per heavy atom. The van der Waals surface area contributed by atoms with Gasteiger partial charge in [-0.05, 0) is 44.5 Å². The normalized spacial score (nSPS) is 13.7. The van der Waals surface area contributed by atoms with E-state index in [0.29, 0.717) is 6.54 Å². The Morgan fingerprint density at radius 3 is 2.17 bits per heavy atom. The highest BCUT2D eigenvalue weighted by molar-refractivity contribution is 5.78. The van der Waals surface area contributed by atoms with Crippen LogP contribution >= 0.6 is 0 Å². The van der Waals surface area contributed by atoms with Gasteiger partial charge in [-0.25, -0.2) is 4.79 Å². The topological polar surface area (TPSA) is 126 Å². The average Bonchev–Trinajstić information content (AvgIpc) is 2.83. The van der Waals surface area contributed by atoms with Gasteiger partial charge in [-0.2, -0.15) is 0 Å². The number of rotatable bonds is 12. The van der Waals surface area contributed by atoms with E-state index in [2.05, 4.69) is 15.3 Å². The van der Waals surface area contributed by atoms with Crippen LogP contribution in [0.3, 0.4) is 0 Å². The van der Waals surface area contributed by atoms with Gasteiger partial charge in [-0.15, -0.1) is 0 Å². The largest absolute Gasteiger partial charge is 0.468 e. The molecule has 2 rings (SSSR count). The van der Waals surface area contributed by atoms with E-state index in [1.807, 2.05) is 60.7 Å². The van der Waals surface area contributed by atoms with Crippen molar-refractivity contribution in [1.82, 2.24) is 10.2 Å². The summed E-state index contributed by atoms with van der Waals surface area (Å²) >= 11 is 0. The number of hydrogen-bond acceptors (Lipinski definition) is 7. The molecule has 0 saturated heterocycles. The number of likely N-dealkylation sites (N-methyl/N-ethyl adjacent to an activating group) is 1. The van der Waals surface area contributed by atoms with Crippen LogP contribution in [0.25, 0.3) is 10.4 Å². The fourth-order valence-corrected chi connectivity index (χ4v) is 3.67. The smallest absolute Gasteiger partial charge is 0.408 e. The van der Waals surface area contributed by atoms with Crippen LogP contribution in [-0.4, -0.2) is 61.5 Å². The van der Waals surface area contributed by atoms with Crippen LogP contribution in [0.1, 0.15) is 31.9 Å². The van der Waals surface area contributed by atoms with Crippen LogP contribution in [0, 0.1) is 0 Å². The molecule has 10 heteroatoms. The van der Waals surface area contributed by atoms with Crippen LogP contribution in [0.5, 0.6) is 0 Å². The first-order chi connectivity index (χ1) is 17.1. The molecule has 0 aliphatic rings. The van der Waals surface area contributed by atoms with Crippen molar-refractivity contribution in [2.45, 2.75) is 57.7 Å². The monoisotopic (exact) mass is 497 g/mol. The molecule has 0 fully saturated rings. The number of carbonyl (C=O) groups is 2. The first-order valence-electron chi connectivity index (χ1n) is 11.6. The van der Waals surface area contributed by atoms with Crippen LogP contribution in [0.2, 0.25) is 0 Å². The predicted octanol–water partition coefficient (Wildman–Crippen LogP) is 4.45. The number of nitrogens with zero attached hydrogens (tertiary/aromatic N) is 4. The van der Waals surface area contributed by atoms with E-state index in [1.165, 1.54) is 7.11 Å². The Bertz CT molecular complexity index is 1010. The molecule has 0 aliphatic carbocycles. The molecule has 0 aliphatic heterocycles. The molecule has 3 atom stereocenters. The van der Waals surface area contributed by atoms with Gasteiger partial charge in [-0.1, -0.05) is 65.8 Å². The van der Waals surface area contributed by atoms with Crippen molar-refractivity contribution in [2.75, 3.05) is 20.7 Å². The third-order valence-corrected chi connectivity index (χ3v) is 5.25. The first-order valence-corrected chi connectivity index (χ1v) is 11.6. The molecule has 0 radical (unpaired) electrons. The standard InChI is InChI=1S/C26H35N5O5/c1-26(2,3)36-25(33)29-22(21(16-28-30-27)35-18-20-14-10-7-11-15-20)23(24(32)34-5)31(4)17-19-12-8-6-9-13-19/h6-15,21-23H,16-18H2,1-5H3,(H,29,33)/t21-,22+,23-/m1/s1. The van der Waals surface area contributed by atoms with E-state index in [9.17, 15) is 9.59 Å². The lowest BCUT2D eigenvalue weighted by Gasteiger charge is -2.37.